The average molecular weight is 196 g/mol. The number of piperidine rings is 2. The van der Waals surface area contributed by atoms with Crippen LogP contribution in [0.15, 0.2) is 0 Å². The summed E-state index contributed by atoms with van der Waals surface area (Å²) in [6.45, 7) is 0.746. The van der Waals surface area contributed by atoms with Gasteiger partial charge in [0.15, 0.2) is 0 Å². The van der Waals surface area contributed by atoms with E-state index >= 15 is 0 Å². The van der Waals surface area contributed by atoms with E-state index in [2.05, 4.69) is 5.32 Å². The van der Waals surface area contributed by atoms with Crippen molar-refractivity contribution >= 4 is 18.4 Å². The predicted octanol–water partition coefficient (Wildman–Crippen LogP) is 0.585. The van der Waals surface area contributed by atoms with Crippen molar-refractivity contribution in [3.05, 3.63) is 0 Å². The average Bonchev–Trinajstić information content (AvgIpc) is 1.85. The summed E-state index contributed by atoms with van der Waals surface area (Å²) in [5.74, 6) is -0.863. The molecule has 2 N–H and O–H groups in total. The highest BCUT2D eigenvalue weighted by Gasteiger charge is 2.62. The SMILES string of the molecule is Cl.O=C(O)C12CNCC(F)(C1)C2. The third-order valence-electron chi connectivity index (χ3n) is 2.67. The van der Waals surface area contributed by atoms with Crippen LogP contribution in [0.4, 0.5) is 4.39 Å². The van der Waals surface area contributed by atoms with Gasteiger partial charge in [0.1, 0.15) is 5.67 Å². The molecule has 12 heavy (non-hydrogen) atoms. The highest BCUT2D eigenvalue weighted by molar-refractivity contribution is 5.85. The Morgan fingerprint density at radius 3 is 2.33 bits per heavy atom. The number of hydrogen-bond donors (Lipinski definition) is 2. The Kier molecular flexibility index (Phi) is 2.08. The van der Waals surface area contributed by atoms with Gasteiger partial charge in [-0.2, -0.15) is 0 Å². The summed E-state index contributed by atoms with van der Waals surface area (Å²) in [5.41, 5.74) is -2.01. The molecule has 1 aliphatic carbocycles. The third-order valence-corrected chi connectivity index (χ3v) is 2.67. The largest absolute Gasteiger partial charge is 0.481 e. The molecule has 3 fully saturated rings. The first kappa shape index (κ1) is 9.74. The minimum Gasteiger partial charge on any atom is -0.481 e. The fourth-order valence-electron chi connectivity index (χ4n) is 2.16. The van der Waals surface area contributed by atoms with E-state index in [1.807, 2.05) is 0 Å². The molecule has 0 unspecified atom stereocenters. The van der Waals surface area contributed by atoms with E-state index in [9.17, 15) is 9.18 Å². The second-order valence-corrected chi connectivity index (χ2v) is 3.69. The summed E-state index contributed by atoms with van der Waals surface area (Å²) in [6, 6.07) is 0. The number of rotatable bonds is 1. The maximum atomic E-state index is 13.2. The topological polar surface area (TPSA) is 49.3 Å². The van der Waals surface area contributed by atoms with Crippen molar-refractivity contribution in [1.29, 1.82) is 0 Å². The van der Waals surface area contributed by atoms with Gasteiger partial charge in [0.2, 0.25) is 0 Å². The lowest BCUT2D eigenvalue weighted by atomic mass is 9.57. The Morgan fingerprint density at radius 2 is 2.00 bits per heavy atom. The van der Waals surface area contributed by atoms with Crippen molar-refractivity contribution in [3.63, 3.8) is 0 Å². The number of hydrogen-bond acceptors (Lipinski definition) is 2. The Balaban J connectivity index is 0.000000720. The van der Waals surface area contributed by atoms with Crippen LogP contribution in [0.2, 0.25) is 0 Å². The molecule has 2 bridgehead atoms. The van der Waals surface area contributed by atoms with Crippen LogP contribution >= 0.6 is 12.4 Å². The molecule has 3 rings (SSSR count). The zero-order valence-corrected chi connectivity index (χ0v) is 7.29. The van der Waals surface area contributed by atoms with Crippen LogP contribution < -0.4 is 5.32 Å². The number of carbonyl (C=O) groups is 1. The van der Waals surface area contributed by atoms with Gasteiger partial charge in [-0.05, 0) is 0 Å². The fourth-order valence-corrected chi connectivity index (χ4v) is 2.16. The van der Waals surface area contributed by atoms with Crippen LogP contribution in [0.1, 0.15) is 12.8 Å². The van der Waals surface area contributed by atoms with Crippen molar-refractivity contribution in [2.24, 2.45) is 5.41 Å². The van der Waals surface area contributed by atoms with Crippen LogP contribution in [0.3, 0.4) is 0 Å². The van der Waals surface area contributed by atoms with Crippen LogP contribution in [-0.2, 0) is 4.79 Å². The number of alkyl halides is 1. The number of halogens is 2. The fraction of sp³-hybridized carbons (Fsp3) is 0.857. The van der Waals surface area contributed by atoms with Gasteiger partial charge in [-0.15, -0.1) is 12.4 Å². The molecule has 2 saturated heterocycles. The van der Waals surface area contributed by atoms with Crippen LogP contribution in [0.5, 0.6) is 0 Å². The molecule has 0 aromatic carbocycles. The molecule has 2 aliphatic heterocycles. The van der Waals surface area contributed by atoms with Gasteiger partial charge < -0.3 is 10.4 Å². The second kappa shape index (κ2) is 2.57. The minimum atomic E-state index is -1.23. The molecular formula is C7H11ClFNO2. The normalized spacial score (nSPS) is 44.1. The van der Waals surface area contributed by atoms with Crippen molar-refractivity contribution < 1.29 is 14.3 Å². The first-order valence-electron chi connectivity index (χ1n) is 3.70. The number of nitrogens with one attached hydrogen (secondary N) is 1. The first-order chi connectivity index (χ1) is 5.06. The van der Waals surface area contributed by atoms with E-state index < -0.39 is 17.1 Å². The molecule has 0 atom stereocenters. The van der Waals surface area contributed by atoms with Crippen LogP contribution in [0, 0.1) is 5.41 Å². The molecule has 0 aromatic rings. The number of carboxylic acid groups (broad SMARTS) is 1. The van der Waals surface area contributed by atoms with E-state index in [-0.39, 0.29) is 25.2 Å². The van der Waals surface area contributed by atoms with E-state index in [1.54, 1.807) is 0 Å². The van der Waals surface area contributed by atoms with Gasteiger partial charge in [0.25, 0.3) is 0 Å². The molecule has 0 spiro atoms. The van der Waals surface area contributed by atoms with Crippen LogP contribution in [0.25, 0.3) is 0 Å². The van der Waals surface area contributed by atoms with Gasteiger partial charge in [0.05, 0.1) is 5.41 Å². The van der Waals surface area contributed by atoms with E-state index in [0.717, 1.165) is 0 Å². The number of carboxylic acids is 1. The summed E-state index contributed by atoms with van der Waals surface area (Å²) >= 11 is 0. The molecule has 70 valence electrons. The quantitative estimate of drug-likeness (QED) is 0.644. The summed E-state index contributed by atoms with van der Waals surface area (Å²) in [6.07, 6.45) is 0.394. The van der Waals surface area contributed by atoms with Crippen molar-refractivity contribution in [3.8, 4) is 0 Å². The Labute approximate surface area is 75.7 Å². The Hall–Kier alpha value is -0.350. The summed E-state index contributed by atoms with van der Waals surface area (Å²) in [5, 5.41) is 11.5. The van der Waals surface area contributed by atoms with Crippen LogP contribution in [-0.4, -0.2) is 29.8 Å². The van der Waals surface area contributed by atoms with E-state index in [4.69, 9.17) is 5.11 Å². The lowest BCUT2D eigenvalue weighted by Gasteiger charge is -2.53. The highest BCUT2D eigenvalue weighted by atomic mass is 35.5. The van der Waals surface area contributed by atoms with E-state index in [1.165, 1.54) is 0 Å². The summed E-state index contributed by atoms with van der Waals surface area (Å²) in [4.78, 5) is 10.6. The monoisotopic (exact) mass is 195 g/mol. The first-order valence-corrected chi connectivity index (χ1v) is 3.70. The third kappa shape index (κ3) is 1.10. The van der Waals surface area contributed by atoms with Crippen molar-refractivity contribution in [2.75, 3.05) is 13.1 Å². The smallest absolute Gasteiger partial charge is 0.311 e. The van der Waals surface area contributed by atoms with Gasteiger partial charge in [0, 0.05) is 25.9 Å². The molecule has 5 heteroatoms. The molecular weight excluding hydrogens is 185 g/mol. The molecule has 0 amide bonds. The molecule has 0 radical (unpaired) electrons. The maximum Gasteiger partial charge on any atom is 0.311 e. The standard InChI is InChI=1S/C7H10FNO2.ClH/c8-7-1-6(2-7,5(10)11)3-9-4-7;/h9H,1-4H2,(H,10,11);1H. The van der Waals surface area contributed by atoms with Gasteiger partial charge >= 0.3 is 5.97 Å². The molecule has 2 heterocycles. The molecule has 3 aliphatic rings. The minimum absolute atomic E-state index is 0. The highest BCUT2D eigenvalue weighted by Crippen LogP contribution is 2.53. The Bertz CT molecular complexity index is 215. The lowest BCUT2D eigenvalue weighted by molar-refractivity contribution is -0.174. The zero-order valence-electron chi connectivity index (χ0n) is 6.47. The maximum absolute atomic E-state index is 13.2. The molecule has 1 saturated carbocycles. The van der Waals surface area contributed by atoms with Gasteiger partial charge in [-0.3, -0.25) is 4.79 Å². The molecule has 0 aromatic heterocycles. The molecule has 3 nitrogen and oxygen atoms in total. The summed E-state index contributed by atoms with van der Waals surface area (Å²) < 4.78 is 13.2. The second-order valence-electron chi connectivity index (χ2n) is 3.69. The van der Waals surface area contributed by atoms with Crippen molar-refractivity contribution in [2.45, 2.75) is 18.5 Å². The zero-order chi connectivity index (χ0) is 8.11. The number of aliphatic carboxylic acids is 1. The Morgan fingerprint density at radius 1 is 1.42 bits per heavy atom. The van der Waals surface area contributed by atoms with Gasteiger partial charge in [-0.1, -0.05) is 0 Å². The van der Waals surface area contributed by atoms with Crippen molar-refractivity contribution in [1.82, 2.24) is 5.32 Å². The number of fused-ring (bicyclic) bond motifs is 2. The lowest BCUT2D eigenvalue weighted by Crippen LogP contribution is -2.66. The predicted molar refractivity (Wildman–Crippen MR) is 43.3 cm³/mol. The van der Waals surface area contributed by atoms with E-state index in [0.29, 0.717) is 13.1 Å². The summed E-state index contributed by atoms with van der Waals surface area (Å²) in [7, 11) is 0. The van der Waals surface area contributed by atoms with Gasteiger partial charge in [-0.25, -0.2) is 4.39 Å².